The van der Waals surface area contributed by atoms with Crippen molar-refractivity contribution in [2.45, 2.75) is 36.2 Å². The van der Waals surface area contributed by atoms with Gasteiger partial charge in [0.1, 0.15) is 21.8 Å². The predicted octanol–water partition coefficient (Wildman–Crippen LogP) is 4.17. The largest absolute Gasteiger partial charge is 0.417 e. The van der Waals surface area contributed by atoms with Crippen molar-refractivity contribution in [1.82, 2.24) is 9.29 Å². The number of alkyl halides is 3. The molecule has 0 radical (unpaired) electrons. The first-order chi connectivity index (χ1) is 15.2. The zero-order chi connectivity index (χ0) is 24.4. The fourth-order valence-corrected chi connectivity index (χ4v) is 6.27. The van der Waals surface area contributed by atoms with E-state index in [-0.39, 0.29) is 22.9 Å². The van der Waals surface area contributed by atoms with Crippen molar-refractivity contribution < 1.29 is 31.5 Å². The van der Waals surface area contributed by atoms with E-state index in [9.17, 15) is 31.5 Å². The molecule has 1 aliphatic heterocycles. The zero-order valence-corrected chi connectivity index (χ0v) is 18.3. The van der Waals surface area contributed by atoms with Gasteiger partial charge in [-0.25, -0.2) is 13.7 Å². The smallest absolute Gasteiger partial charge is 0.369 e. The molecule has 1 saturated carbocycles. The van der Waals surface area contributed by atoms with Gasteiger partial charge in [0.05, 0.1) is 5.56 Å². The monoisotopic (exact) mass is 487 g/mol. The standard InChI is InChI=1S/C20H21F4N5O3S/c1-18(19(7-8-19)33(31,32)29(2)17(25)28-18)13-9-12(4-5-14(13)21)27-16(30)15-6-3-11(10-26-15)20(22,23)24/h3-6,9-10,31-32H,7-8H2,1-2H3,(H2,25,28)(H,27,30)/t18-/m1/s1. The second kappa shape index (κ2) is 7.30. The van der Waals surface area contributed by atoms with E-state index in [0.29, 0.717) is 19.0 Å². The summed E-state index contributed by atoms with van der Waals surface area (Å²) in [6.45, 7) is 1.55. The maximum atomic E-state index is 15.0. The van der Waals surface area contributed by atoms with Gasteiger partial charge in [0.2, 0.25) is 5.96 Å². The minimum atomic E-state index is -4.59. The van der Waals surface area contributed by atoms with E-state index in [4.69, 9.17) is 5.73 Å². The summed E-state index contributed by atoms with van der Waals surface area (Å²) in [4.78, 5) is 20.4. The summed E-state index contributed by atoms with van der Waals surface area (Å²) in [6.07, 6.45) is -3.30. The number of halogens is 4. The van der Waals surface area contributed by atoms with E-state index in [2.05, 4.69) is 15.3 Å². The van der Waals surface area contributed by atoms with E-state index in [1.54, 1.807) is 6.92 Å². The lowest BCUT2D eigenvalue weighted by Crippen LogP contribution is -2.55. The molecule has 4 rings (SSSR count). The third-order valence-corrected chi connectivity index (χ3v) is 9.04. The van der Waals surface area contributed by atoms with E-state index >= 15 is 0 Å². The number of aliphatic imine (C=N–C) groups is 1. The van der Waals surface area contributed by atoms with Crippen LogP contribution in [0.25, 0.3) is 0 Å². The molecule has 8 nitrogen and oxygen atoms in total. The maximum Gasteiger partial charge on any atom is 0.417 e. The van der Waals surface area contributed by atoms with Gasteiger partial charge in [0.15, 0.2) is 0 Å². The lowest BCUT2D eigenvalue weighted by Gasteiger charge is -2.56. The van der Waals surface area contributed by atoms with E-state index in [0.717, 1.165) is 22.5 Å². The number of hydrogen-bond donors (Lipinski definition) is 4. The van der Waals surface area contributed by atoms with Crippen LogP contribution in [0.4, 0.5) is 23.2 Å². The highest BCUT2D eigenvalue weighted by Gasteiger charge is 2.70. The molecule has 178 valence electrons. The fourth-order valence-electron chi connectivity index (χ4n) is 4.11. The summed E-state index contributed by atoms with van der Waals surface area (Å²) in [5, 5.41) is 2.47. The Kier molecular flexibility index (Phi) is 5.15. The Morgan fingerprint density at radius 3 is 2.45 bits per heavy atom. The van der Waals surface area contributed by atoms with Crippen molar-refractivity contribution in [2.75, 3.05) is 12.4 Å². The first-order valence-electron chi connectivity index (χ1n) is 9.74. The predicted molar refractivity (Wildman–Crippen MR) is 115 cm³/mol. The van der Waals surface area contributed by atoms with Crippen LogP contribution in [-0.2, 0) is 11.7 Å². The average molecular weight is 487 g/mol. The van der Waals surface area contributed by atoms with Gasteiger partial charge in [-0.2, -0.15) is 13.2 Å². The molecule has 2 aromatic rings. The SMILES string of the molecule is CN1C(N)=N[C@](C)(c2cc(NC(=O)c3ccc(C(F)(F)F)cn3)ccc2F)C2(CC2)S1(O)O. The number of amides is 1. The average Bonchev–Trinajstić information content (AvgIpc) is 3.56. The summed E-state index contributed by atoms with van der Waals surface area (Å²) in [5.74, 6) is -1.66. The van der Waals surface area contributed by atoms with Crippen LogP contribution in [0.5, 0.6) is 0 Å². The lowest BCUT2D eigenvalue weighted by atomic mass is 9.86. The molecule has 1 spiro atoms. The highest BCUT2D eigenvalue weighted by molar-refractivity contribution is 8.24. The minimum Gasteiger partial charge on any atom is -0.369 e. The number of anilines is 1. The van der Waals surface area contributed by atoms with Crippen molar-refractivity contribution in [3.05, 3.63) is 59.2 Å². The number of hydrogen-bond acceptors (Lipinski definition) is 7. The maximum absolute atomic E-state index is 15.0. The molecule has 1 aromatic carbocycles. The van der Waals surface area contributed by atoms with Crippen LogP contribution in [-0.4, -0.2) is 42.1 Å². The summed E-state index contributed by atoms with van der Waals surface area (Å²) in [6, 6.07) is 5.32. The zero-order valence-electron chi connectivity index (χ0n) is 17.5. The molecule has 1 aliphatic carbocycles. The molecule has 1 atom stereocenters. The third kappa shape index (κ3) is 3.50. The minimum absolute atomic E-state index is 0.00537. The lowest BCUT2D eigenvalue weighted by molar-refractivity contribution is -0.137. The Morgan fingerprint density at radius 1 is 1.24 bits per heavy atom. The number of nitrogens with zero attached hydrogens (tertiary/aromatic N) is 3. The molecule has 1 fully saturated rings. The number of rotatable bonds is 3. The Hall–Kier alpha value is -2.90. The van der Waals surface area contributed by atoms with E-state index in [1.807, 2.05) is 0 Å². The number of nitrogens with two attached hydrogens (primary N) is 1. The van der Waals surface area contributed by atoms with Gasteiger partial charge < -0.3 is 11.1 Å². The molecule has 0 unspecified atom stereocenters. The molecule has 0 saturated heterocycles. The van der Waals surface area contributed by atoms with Crippen LogP contribution in [0, 0.1) is 5.82 Å². The molecule has 1 amide bonds. The highest BCUT2D eigenvalue weighted by Crippen LogP contribution is 2.76. The van der Waals surface area contributed by atoms with Crippen molar-refractivity contribution in [1.29, 1.82) is 0 Å². The second-order valence-electron chi connectivity index (χ2n) is 8.13. The van der Waals surface area contributed by atoms with Crippen molar-refractivity contribution in [3.8, 4) is 0 Å². The number of carbonyl (C=O) groups excluding carboxylic acids is 1. The van der Waals surface area contributed by atoms with Crippen LogP contribution in [0.2, 0.25) is 0 Å². The quantitative estimate of drug-likeness (QED) is 0.482. The van der Waals surface area contributed by atoms with Crippen molar-refractivity contribution in [3.63, 3.8) is 0 Å². The van der Waals surface area contributed by atoms with Crippen LogP contribution in [0.15, 0.2) is 41.5 Å². The molecule has 33 heavy (non-hydrogen) atoms. The molecule has 13 heteroatoms. The number of benzene rings is 1. The highest BCUT2D eigenvalue weighted by atomic mass is 32.3. The molecule has 2 heterocycles. The van der Waals surface area contributed by atoms with Gasteiger partial charge >= 0.3 is 6.18 Å². The summed E-state index contributed by atoms with van der Waals surface area (Å²) in [7, 11) is -2.02. The fraction of sp³-hybridized carbons (Fsp3) is 0.350. The molecule has 0 bridgehead atoms. The number of pyridine rings is 1. The first-order valence-corrected chi connectivity index (χ1v) is 11.2. The number of nitrogens with one attached hydrogen (secondary N) is 1. The first kappa shape index (κ1) is 23.3. The summed E-state index contributed by atoms with van der Waals surface area (Å²) < 4.78 is 74.7. The molecular formula is C20H21F4N5O3S. The third-order valence-electron chi connectivity index (χ3n) is 6.23. The molecular weight excluding hydrogens is 466 g/mol. The van der Waals surface area contributed by atoms with Gasteiger partial charge in [-0.1, -0.05) is 0 Å². The van der Waals surface area contributed by atoms with Crippen molar-refractivity contribution >= 4 is 28.3 Å². The Balaban J connectivity index is 1.67. The topological polar surface area (TPSA) is 124 Å². The van der Waals surface area contributed by atoms with Crippen LogP contribution in [0.3, 0.4) is 0 Å². The van der Waals surface area contributed by atoms with Gasteiger partial charge in [-0.15, -0.1) is 10.8 Å². The van der Waals surface area contributed by atoms with E-state index in [1.165, 1.54) is 19.2 Å². The Bertz CT molecular complexity index is 1150. The number of aromatic nitrogens is 1. The van der Waals surface area contributed by atoms with Crippen LogP contribution >= 0.6 is 10.8 Å². The second-order valence-corrected chi connectivity index (χ2v) is 10.5. The normalized spacial score (nSPS) is 24.2. The van der Waals surface area contributed by atoms with Crippen molar-refractivity contribution in [2.24, 2.45) is 10.7 Å². The number of carbonyl (C=O) groups is 1. The molecule has 1 aromatic heterocycles. The van der Waals surface area contributed by atoms with Gasteiger partial charge in [-0.05, 0) is 50.1 Å². The Morgan fingerprint density at radius 2 is 1.91 bits per heavy atom. The van der Waals surface area contributed by atoms with Crippen LogP contribution in [0.1, 0.15) is 41.4 Å². The number of guanidine groups is 1. The summed E-state index contributed by atoms with van der Waals surface area (Å²) >= 11 is 0. The summed E-state index contributed by atoms with van der Waals surface area (Å²) in [5.41, 5.74) is 3.32. The Labute approximate surface area is 188 Å². The van der Waals surface area contributed by atoms with Gasteiger partial charge in [0.25, 0.3) is 5.91 Å². The van der Waals surface area contributed by atoms with Gasteiger partial charge in [0, 0.05) is 24.5 Å². The van der Waals surface area contributed by atoms with Gasteiger partial charge in [-0.3, -0.25) is 18.9 Å². The molecule has 2 aliphatic rings. The van der Waals surface area contributed by atoms with Crippen LogP contribution < -0.4 is 11.1 Å². The van der Waals surface area contributed by atoms with E-state index < -0.39 is 44.5 Å². The molecule has 5 N–H and O–H groups in total.